The van der Waals surface area contributed by atoms with Crippen molar-refractivity contribution in [3.63, 3.8) is 0 Å². The van der Waals surface area contributed by atoms with Gasteiger partial charge in [0.15, 0.2) is 0 Å². The molecule has 1 heteroatoms. The zero-order valence-electron chi connectivity index (χ0n) is 7.38. The number of hydrogen-bond donors (Lipinski definition) is 1. The summed E-state index contributed by atoms with van der Waals surface area (Å²) >= 11 is 0. The van der Waals surface area contributed by atoms with Crippen molar-refractivity contribution < 1.29 is 0 Å². The van der Waals surface area contributed by atoms with Gasteiger partial charge in [-0.1, -0.05) is 30.7 Å². The number of rotatable bonds is 2. The van der Waals surface area contributed by atoms with Crippen molar-refractivity contribution in [3.05, 3.63) is 23.8 Å². The fraction of sp³-hybridized carbons (Fsp3) is 0.600. The molecule has 0 heterocycles. The van der Waals surface area contributed by atoms with Crippen LogP contribution in [-0.4, -0.2) is 6.04 Å². The molecule has 0 aromatic heterocycles. The predicted octanol–water partition coefficient (Wildman–Crippen LogP) is 2.25. The van der Waals surface area contributed by atoms with Crippen LogP contribution in [0.5, 0.6) is 0 Å². The van der Waals surface area contributed by atoms with Gasteiger partial charge in [0, 0.05) is 6.04 Å². The molecular formula is C10H17N. The molecule has 1 nitrogen and oxygen atoms in total. The molecule has 0 aromatic rings. The van der Waals surface area contributed by atoms with Crippen LogP contribution in [-0.2, 0) is 0 Å². The molecule has 2 N–H and O–H groups in total. The van der Waals surface area contributed by atoms with Crippen molar-refractivity contribution in [3.8, 4) is 0 Å². The first-order valence-corrected chi connectivity index (χ1v) is 4.31. The first-order chi connectivity index (χ1) is 5.20. The molecule has 1 rings (SSSR count). The smallest absolute Gasteiger partial charge is 0.00478 e. The average molecular weight is 151 g/mol. The Kier molecular flexibility index (Phi) is 2.89. The normalized spacial score (nSPS) is 26.5. The van der Waals surface area contributed by atoms with Gasteiger partial charge >= 0.3 is 0 Å². The molecule has 2 atom stereocenters. The SMILES string of the molecule is CC(N)CC1=CC=CCC1C. The second kappa shape index (κ2) is 3.72. The molecule has 62 valence electrons. The monoisotopic (exact) mass is 151 g/mol. The van der Waals surface area contributed by atoms with Crippen LogP contribution in [0.15, 0.2) is 23.8 Å². The van der Waals surface area contributed by atoms with Crippen molar-refractivity contribution in [2.75, 3.05) is 0 Å². The Bertz CT molecular complexity index is 177. The van der Waals surface area contributed by atoms with Crippen LogP contribution in [0.25, 0.3) is 0 Å². The van der Waals surface area contributed by atoms with E-state index in [9.17, 15) is 0 Å². The maximum atomic E-state index is 5.72. The highest BCUT2D eigenvalue weighted by atomic mass is 14.6. The van der Waals surface area contributed by atoms with Crippen molar-refractivity contribution in [1.29, 1.82) is 0 Å². The molecule has 0 bridgehead atoms. The standard InChI is InChI=1S/C10H17N/c1-8-5-3-4-6-10(8)7-9(2)11/h3-4,6,8-9H,5,7,11H2,1-2H3. The van der Waals surface area contributed by atoms with E-state index in [1.165, 1.54) is 12.0 Å². The largest absolute Gasteiger partial charge is 0.328 e. The lowest BCUT2D eigenvalue weighted by Crippen LogP contribution is -2.18. The lowest BCUT2D eigenvalue weighted by Gasteiger charge is -2.18. The Morgan fingerprint density at radius 2 is 2.45 bits per heavy atom. The first kappa shape index (κ1) is 8.54. The van der Waals surface area contributed by atoms with Crippen LogP contribution in [0.1, 0.15) is 26.7 Å². The van der Waals surface area contributed by atoms with Crippen molar-refractivity contribution in [2.45, 2.75) is 32.7 Å². The van der Waals surface area contributed by atoms with Crippen LogP contribution < -0.4 is 5.73 Å². The van der Waals surface area contributed by atoms with E-state index in [2.05, 4.69) is 32.1 Å². The first-order valence-electron chi connectivity index (χ1n) is 4.31. The number of hydrogen-bond acceptors (Lipinski definition) is 1. The summed E-state index contributed by atoms with van der Waals surface area (Å²) in [4.78, 5) is 0. The van der Waals surface area contributed by atoms with Gasteiger partial charge in [0.1, 0.15) is 0 Å². The van der Waals surface area contributed by atoms with E-state index in [1.807, 2.05) is 0 Å². The molecule has 1 aliphatic carbocycles. The van der Waals surface area contributed by atoms with Crippen molar-refractivity contribution >= 4 is 0 Å². The maximum Gasteiger partial charge on any atom is 0.00478 e. The molecule has 1 aliphatic rings. The van der Waals surface area contributed by atoms with Crippen LogP contribution in [0.2, 0.25) is 0 Å². The van der Waals surface area contributed by atoms with Crippen LogP contribution in [0.3, 0.4) is 0 Å². The van der Waals surface area contributed by atoms with E-state index in [4.69, 9.17) is 5.73 Å². The molecule has 0 aliphatic heterocycles. The van der Waals surface area contributed by atoms with E-state index in [0.29, 0.717) is 12.0 Å². The van der Waals surface area contributed by atoms with E-state index in [1.54, 1.807) is 0 Å². The summed E-state index contributed by atoms with van der Waals surface area (Å²) in [6, 6.07) is 0.301. The van der Waals surface area contributed by atoms with Gasteiger partial charge in [-0.05, 0) is 25.7 Å². The Labute approximate surface area is 69.0 Å². The second-order valence-corrected chi connectivity index (χ2v) is 3.49. The highest BCUT2D eigenvalue weighted by Crippen LogP contribution is 2.22. The van der Waals surface area contributed by atoms with Gasteiger partial charge in [-0.2, -0.15) is 0 Å². The molecule has 2 unspecified atom stereocenters. The molecule has 11 heavy (non-hydrogen) atoms. The maximum absolute atomic E-state index is 5.72. The third-order valence-corrected chi connectivity index (χ3v) is 2.13. The lowest BCUT2D eigenvalue weighted by molar-refractivity contribution is 0.606. The highest BCUT2D eigenvalue weighted by molar-refractivity contribution is 5.20. The van der Waals surface area contributed by atoms with Crippen LogP contribution >= 0.6 is 0 Å². The molecule has 0 saturated heterocycles. The minimum Gasteiger partial charge on any atom is -0.328 e. The van der Waals surface area contributed by atoms with Gasteiger partial charge in [0.25, 0.3) is 0 Å². The summed E-state index contributed by atoms with van der Waals surface area (Å²) in [5.74, 6) is 0.700. The summed E-state index contributed by atoms with van der Waals surface area (Å²) < 4.78 is 0. The van der Waals surface area contributed by atoms with E-state index >= 15 is 0 Å². The molecule has 0 spiro atoms. The summed E-state index contributed by atoms with van der Waals surface area (Å²) in [7, 11) is 0. The fourth-order valence-electron chi connectivity index (χ4n) is 1.43. The molecule has 0 amide bonds. The average Bonchev–Trinajstić information content (AvgIpc) is 1.93. The quantitative estimate of drug-likeness (QED) is 0.643. The Hall–Kier alpha value is -0.560. The third-order valence-electron chi connectivity index (χ3n) is 2.13. The molecule has 0 fully saturated rings. The molecular weight excluding hydrogens is 134 g/mol. The Morgan fingerprint density at radius 1 is 1.73 bits per heavy atom. The van der Waals surface area contributed by atoms with Crippen LogP contribution in [0.4, 0.5) is 0 Å². The third kappa shape index (κ3) is 2.51. The van der Waals surface area contributed by atoms with Gasteiger partial charge < -0.3 is 5.73 Å². The van der Waals surface area contributed by atoms with Crippen molar-refractivity contribution in [1.82, 2.24) is 0 Å². The van der Waals surface area contributed by atoms with Gasteiger partial charge in [-0.25, -0.2) is 0 Å². The number of nitrogens with two attached hydrogens (primary N) is 1. The van der Waals surface area contributed by atoms with Crippen molar-refractivity contribution in [2.24, 2.45) is 11.7 Å². The summed E-state index contributed by atoms with van der Waals surface area (Å²) in [6.45, 7) is 4.32. The fourth-order valence-corrected chi connectivity index (χ4v) is 1.43. The highest BCUT2D eigenvalue weighted by Gasteiger charge is 2.10. The second-order valence-electron chi connectivity index (χ2n) is 3.49. The zero-order valence-corrected chi connectivity index (χ0v) is 7.38. The Morgan fingerprint density at radius 3 is 3.00 bits per heavy atom. The molecule has 0 aromatic carbocycles. The summed E-state index contributed by atoms with van der Waals surface area (Å²) in [6.07, 6.45) is 8.79. The van der Waals surface area contributed by atoms with Gasteiger partial charge in [-0.15, -0.1) is 0 Å². The predicted molar refractivity (Wildman–Crippen MR) is 49.3 cm³/mol. The minimum absolute atomic E-state index is 0.301. The summed E-state index contributed by atoms with van der Waals surface area (Å²) in [5.41, 5.74) is 7.22. The van der Waals surface area contributed by atoms with E-state index < -0.39 is 0 Å². The lowest BCUT2D eigenvalue weighted by atomic mass is 9.89. The molecule has 0 saturated carbocycles. The summed E-state index contributed by atoms with van der Waals surface area (Å²) in [5, 5.41) is 0. The van der Waals surface area contributed by atoms with Gasteiger partial charge in [0.05, 0.1) is 0 Å². The van der Waals surface area contributed by atoms with Gasteiger partial charge in [-0.3, -0.25) is 0 Å². The molecule has 0 radical (unpaired) electrons. The van der Waals surface area contributed by atoms with Gasteiger partial charge in [0.2, 0.25) is 0 Å². The minimum atomic E-state index is 0.301. The Balaban J connectivity index is 2.54. The zero-order chi connectivity index (χ0) is 8.27. The number of allylic oxidation sites excluding steroid dienone is 3. The topological polar surface area (TPSA) is 26.0 Å². The van der Waals surface area contributed by atoms with E-state index in [0.717, 1.165) is 6.42 Å². The van der Waals surface area contributed by atoms with E-state index in [-0.39, 0.29) is 0 Å². The van der Waals surface area contributed by atoms with Crippen LogP contribution in [0, 0.1) is 5.92 Å².